The molecule has 0 aromatic heterocycles. The van der Waals surface area contributed by atoms with Gasteiger partial charge in [0.1, 0.15) is 0 Å². The van der Waals surface area contributed by atoms with Crippen LogP contribution in [0, 0.1) is 0 Å². The molecule has 0 aromatic rings. The topological polar surface area (TPSA) is 55.8 Å². The Morgan fingerprint density at radius 1 is 0.958 bits per heavy atom. The first-order chi connectivity index (χ1) is 10.8. The van der Waals surface area contributed by atoms with Crippen molar-refractivity contribution >= 4 is 7.82 Å². The van der Waals surface area contributed by atoms with Crippen LogP contribution in [-0.4, -0.2) is 35.6 Å². The van der Waals surface area contributed by atoms with Gasteiger partial charge in [-0.15, -0.1) is 0 Å². The lowest BCUT2D eigenvalue weighted by molar-refractivity contribution is -0.358. The van der Waals surface area contributed by atoms with Gasteiger partial charge in [0.25, 0.3) is 0 Å². The third-order valence-corrected chi connectivity index (χ3v) is 4.58. The highest BCUT2D eigenvalue weighted by Crippen LogP contribution is 2.52. The Kier molecular flexibility index (Phi) is 7.12. The fraction of sp³-hybridized carbons (Fsp3) is 1.00. The van der Waals surface area contributed by atoms with Crippen LogP contribution in [0.2, 0.25) is 0 Å². The summed E-state index contributed by atoms with van der Waals surface area (Å²) in [7, 11) is -4.82. The largest absolute Gasteiger partial charge is 0.472 e. The van der Waals surface area contributed by atoms with Gasteiger partial charge in [0.2, 0.25) is 0 Å². The number of hydrogen-bond acceptors (Lipinski definition) is 3. The van der Waals surface area contributed by atoms with Crippen LogP contribution in [-0.2, 0) is 13.6 Å². The Balaban J connectivity index is 2.91. The molecule has 2 unspecified atom stereocenters. The van der Waals surface area contributed by atoms with E-state index in [0.29, 0.717) is 25.7 Å². The molecule has 12 heteroatoms. The summed E-state index contributed by atoms with van der Waals surface area (Å²) in [5.41, 5.74) is 0. The molecule has 0 aliphatic carbocycles. The van der Waals surface area contributed by atoms with Crippen molar-refractivity contribution in [2.24, 2.45) is 0 Å². The minimum absolute atomic E-state index is 0.179. The molecule has 4 nitrogen and oxygen atoms in total. The maximum absolute atomic E-state index is 13.5. The highest BCUT2D eigenvalue weighted by Gasteiger charge is 2.73. The average Bonchev–Trinajstić information content (AvgIpc) is 2.41. The van der Waals surface area contributed by atoms with Gasteiger partial charge in [-0.25, -0.2) is 4.57 Å². The summed E-state index contributed by atoms with van der Waals surface area (Å²) in [4.78, 5) is 9.37. The van der Waals surface area contributed by atoms with E-state index >= 15 is 0 Å². The Morgan fingerprint density at radius 2 is 1.50 bits per heavy atom. The second-order valence-corrected chi connectivity index (χ2v) is 6.97. The van der Waals surface area contributed by atoms with Crippen molar-refractivity contribution in [1.82, 2.24) is 0 Å². The van der Waals surface area contributed by atoms with E-state index in [1.165, 1.54) is 0 Å². The van der Waals surface area contributed by atoms with Crippen LogP contribution < -0.4 is 0 Å². The maximum Gasteiger partial charge on any atom is 0.472 e. The smallest absolute Gasteiger partial charge is 0.302 e. The molecule has 0 spiro atoms. The predicted molar refractivity (Wildman–Crippen MR) is 68.9 cm³/mol. The zero-order chi connectivity index (χ0) is 18.6. The van der Waals surface area contributed by atoms with Gasteiger partial charge in [-0.2, -0.15) is 30.7 Å². The molecule has 0 amide bonds. The van der Waals surface area contributed by atoms with E-state index in [2.05, 4.69) is 9.05 Å². The van der Waals surface area contributed by atoms with Crippen LogP contribution in [0.1, 0.15) is 44.9 Å². The van der Waals surface area contributed by atoms with Gasteiger partial charge >= 0.3 is 25.8 Å². The number of halogens is 7. The Labute approximate surface area is 133 Å². The van der Waals surface area contributed by atoms with E-state index in [-0.39, 0.29) is 19.4 Å². The summed E-state index contributed by atoms with van der Waals surface area (Å²) in [6, 6.07) is 0. The maximum atomic E-state index is 13.5. The van der Waals surface area contributed by atoms with Gasteiger partial charge in [0, 0.05) is 6.42 Å². The monoisotopic (exact) mass is 390 g/mol. The van der Waals surface area contributed by atoms with Gasteiger partial charge in [-0.05, 0) is 12.8 Å². The highest BCUT2D eigenvalue weighted by molar-refractivity contribution is 7.47. The summed E-state index contributed by atoms with van der Waals surface area (Å²) < 4.78 is 110. The van der Waals surface area contributed by atoms with E-state index in [1.54, 1.807) is 0 Å². The third kappa shape index (κ3) is 5.86. The van der Waals surface area contributed by atoms with Crippen molar-refractivity contribution < 1.29 is 49.2 Å². The van der Waals surface area contributed by atoms with Crippen LogP contribution in [0.3, 0.4) is 0 Å². The third-order valence-electron chi connectivity index (χ3n) is 3.51. The molecule has 144 valence electrons. The van der Waals surface area contributed by atoms with Gasteiger partial charge in [-0.1, -0.05) is 25.7 Å². The van der Waals surface area contributed by atoms with Crippen LogP contribution in [0.5, 0.6) is 0 Å². The Morgan fingerprint density at radius 3 is 2.08 bits per heavy atom. The number of rotatable bonds is 3. The fourth-order valence-electron chi connectivity index (χ4n) is 2.22. The van der Waals surface area contributed by atoms with Crippen molar-refractivity contribution in [1.29, 1.82) is 0 Å². The van der Waals surface area contributed by atoms with Crippen molar-refractivity contribution in [3.63, 3.8) is 0 Å². The lowest BCUT2D eigenvalue weighted by Crippen LogP contribution is -2.53. The quantitative estimate of drug-likeness (QED) is 0.540. The molecule has 1 aliphatic rings. The molecule has 24 heavy (non-hydrogen) atoms. The molecule has 0 radical (unpaired) electrons. The van der Waals surface area contributed by atoms with Crippen LogP contribution in [0.4, 0.5) is 30.7 Å². The van der Waals surface area contributed by atoms with E-state index in [0.717, 1.165) is 0 Å². The summed E-state index contributed by atoms with van der Waals surface area (Å²) in [6.45, 7) is -0.213. The molecule has 1 aliphatic heterocycles. The van der Waals surface area contributed by atoms with Gasteiger partial charge in [0.15, 0.2) is 0 Å². The van der Waals surface area contributed by atoms with Gasteiger partial charge < -0.3 is 4.89 Å². The lowest BCUT2D eigenvalue weighted by Gasteiger charge is -2.31. The Bertz CT molecular complexity index is 455. The van der Waals surface area contributed by atoms with Gasteiger partial charge in [0.05, 0.1) is 12.7 Å². The summed E-state index contributed by atoms with van der Waals surface area (Å²) >= 11 is 0. The van der Waals surface area contributed by atoms with Crippen LogP contribution >= 0.6 is 7.82 Å². The average molecular weight is 390 g/mol. The van der Waals surface area contributed by atoms with E-state index < -0.39 is 38.4 Å². The van der Waals surface area contributed by atoms with Gasteiger partial charge in [-0.3, -0.25) is 9.05 Å². The van der Waals surface area contributed by atoms with Crippen LogP contribution in [0.15, 0.2) is 0 Å². The molecule has 1 fully saturated rings. The minimum atomic E-state index is -6.45. The molecule has 1 saturated heterocycles. The Hall–Kier alpha value is -0.380. The summed E-state index contributed by atoms with van der Waals surface area (Å²) in [5, 5.41) is 0. The fourth-order valence-corrected chi connectivity index (χ4v) is 3.19. The zero-order valence-electron chi connectivity index (χ0n) is 12.5. The number of phosphoric ester groups is 1. The normalized spacial score (nSPS) is 29.1. The molecule has 1 rings (SSSR count). The van der Waals surface area contributed by atoms with Crippen LogP contribution in [0.25, 0.3) is 0 Å². The molecular weight excluding hydrogens is 372 g/mol. The molecule has 0 saturated carbocycles. The minimum Gasteiger partial charge on any atom is -0.302 e. The predicted octanol–water partition coefficient (Wildman–Crippen LogP) is 5.07. The molecule has 1 heterocycles. The van der Waals surface area contributed by atoms with Crippen molar-refractivity contribution in [3.8, 4) is 0 Å². The standard InChI is InChI=1S/C12H18F7O4P/c13-10(14,11(15,16)12(17,18)19)8-9-6-4-2-1-3-5-7-22-24(20,21)23-9/h9H,1-8H2,(H,20,21). The van der Waals surface area contributed by atoms with E-state index in [9.17, 15) is 40.2 Å². The molecule has 2 atom stereocenters. The number of hydrogen-bond donors (Lipinski definition) is 1. The van der Waals surface area contributed by atoms with E-state index in [4.69, 9.17) is 0 Å². The highest BCUT2D eigenvalue weighted by atomic mass is 31.2. The molecule has 1 N–H and O–H groups in total. The first kappa shape index (κ1) is 21.7. The van der Waals surface area contributed by atoms with Crippen molar-refractivity contribution in [2.75, 3.05) is 6.61 Å². The summed E-state index contributed by atoms with van der Waals surface area (Å²) in [5.74, 6) is -11.8. The molecule has 0 bridgehead atoms. The molecular formula is C12H18F7O4P. The lowest BCUT2D eigenvalue weighted by atomic mass is 9.99. The van der Waals surface area contributed by atoms with E-state index in [1.807, 2.05) is 0 Å². The number of phosphoric acid groups is 1. The summed E-state index contributed by atoms with van der Waals surface area (Å²) in [6.07, 6.45) is -8.49. The van der Waals surface area contributed by atoms with Crippen molar-refractivity contribution in [2.45, 2.75) is 69.1 Å². The first-order valence-corrected chi connectivity index (χ1v) is 8.76. The van der Waals surface area contributed by atoms with Crippen molar-refractivity contribution in [3.05, 3.63) is 0 Å². The second-order valence-electron chi connectivity index (χ2n) is 5.57. The first-order valence-electron chi connectivity index (χ1n) is 7.27. The zero-order valence-corrected chi connectivity index (χ0v) is 13.4. The molecule has 0 aromatic carbocycles. The second kappa shape index (κ2) is 7.88. The SMILES string of the molecule is O=P1(O)OCCCCCCCC(CC(F)(F)C(F)(F)C(F)(F)F)O1. The number of alkyl halides is 7.